The summed E-state index contributed by atoms with van der Waals surface area (Å²) in [5.74, 6) is 0. The van der Waals surface area contributed by atoms with E-state index in [0.29, 0.717) is 0 Å². The normalized spacial score (nSPS) is 4.17. The number of hydrogen-bond acceptors (Lipinski definition) is 2. The summed E-state index contributed by atoms with van der Waals surface area (Å²) >= 11 is -3.69. The Morgan fingerprint density at radius 1 is 1.50 bits per heavy atom. The molecule has 0 radical (unpaired) electrons. The first-order valence-corrected chi connectivity index (χ1v) is 2.33. The molecule has 0 aliphatic rings. The molecule has 36 valence electrons. The van der Waals surface area contributed by atoms with E-state index in [-0.39, 0.29) is 57.2 Å². The first kappa shape index (κ1) is 15.6. The van der Waals surface area contributed by atoms with Crippen LogP contribution in [0.5, 0.6) is 0 Å². The van der Waals surface area contributed by atoms with Crippen LogP contribution < -0.4 is 0 Å². The minimum atomic E-state index is -3.69. The van der Waals surface area contributed by atoms with E-state index < -0.39 is 15.4 Å². The van der Waals surface area contributed by atoms with Crippen molar-refractivity contribution in [1.29, 1.82) is 0 Å². The fraction of sp³-hybridized carbons (Fsp3) is 0. The number of hydrogen-bond donors (Lipinski definition) is 1. The van der Waals surface area contributed by atoms with Crippen molar-refractivity contribution >= 4 is 48.9 Å². The van der Waals surface area contributed by atoms with Crippen LogP contribution in [0.15, 0.2) is 0 Å². The summed E-state index contributed by atoms with van der Waals surface area (Å²) in [6.45, 7) is 0. The van der Waals surface area contributed by atoms with E-state index in [1.807, 2.05) is 0 Å². The molecule has 0 aromatic carbocycles. The van der Waals surface area contributed by atoms with Crippen molar-refractivity contribution in [2.45, 2.75) is 0 Å². The van der Waals surface area contributed by atoms with Crippen molar-refractivity contribution in [2.75, 3.05) is 0 Å². The molecular weight excluding hydrogens is 252 g/mol. The summed E-state index contributed by atoms with van der Waals surface area (Å²) in [6, 6.07) is 0. The minimum absolute atomic E-state index is 0. The maximum absolute atomic E-state index is 8.67. The average molecular weight is 257 g/mol. The summed E-state index contributed by atoms with van der Waals surface area (Å²) in [7, 11) is 0. The standard InChI is InChI=1S/Ba.2H2O.2O.V.2H/h;2*1H2;;;;;/q+2;;;;;+1;2*-1/p-1. The van der Waals surface area contributed by atoms with Crippen molar-refractivity contribution in [3.63, 3.8) is 0 Å². The van der Waals surface area contributed by atoms with Crippen LogP contribution in [0.2, 0.25) is 0 Å². The van der Waals surface area contributed by atoms with Crippen LogP contribution in [-0.2, 0) is 22.7 Å². The van der Waals surface area contributed by atoms with E-state index in [9.17, 15) is 0 Å². The van der Waals surface area contributed by atoms with Gasteiger partial charge in [0.05, 0.1) is 0 Å². The van der Waals surface area contributed by atoms with Gasteiger partial charge in [-0.2, -0.15) is 0 Å². The third-order valence-corrected chi connectivity index (χ3v) is 0. The topological polar surface area (TPSA) is 85.9 Å². The molecule has 0 fully saturated rings. The average Bonchev–Trinajstić information content (AvgIpc) is 0.811. The molecule has 0 spiro atoms. The van der Waals surface area contributed by atoms with E-state index in [4.69, 9.17) is 11.4 Å². The molecule has 0 aliphatic carbocycles. The molecule has 3 N–H and O–H groups in total. The molecule has 0 atom stereocenters. The van der Waals surface area contributed by atoms with Crippen LogP contribution in [0.25, 0.3) is 0 Å². The van der Waals surface area contributed by atoms with Crippen LogP contribution in [-0.4, -0.2) is 58.4 Å². The molecule has 6 heteroatoms. The van der Waals surface area contributed by atoms with Gasteiger partial charge in [0.15, 0.2) is 0 Å². The Labute approximate surface area is 82.6 Å². The zero-order chi connectivity index (χ0) is 3.58. The molecule has 0 saturated carbocycles. The first-order chi connectivity index (χ1) is 1.73. The maximum atomic E-state index is 8.67. The van der Waals surface area contributed by atoms with Crippen LogP contribution in [0.4, 0.5) is 0 Å². The Morgan fingerprint density at radius 2 is 1.50 bits per heavy atom. The van der Waals surface area contributed by atoms with Gasteiger partial charge >= 0.3 is 75.7 Å². The molecule has 0 rings (SSSR count). The Balaban J connectivity index is -0.00000000750. The summed E-state index contributed by atoms with van der Waals surface area (Å²) < 4.78 is 24.4. The van der Waals surface area contributed by atoms with E-state index >= 15 is 0 Å². The molecule has 0 saturated heterocycles. The molecule has 4 nitrogen and oxygen atoms in total. The monoisotopic (exact) mass is 258 g/mol. The zero-order valence-corrected chi connectivity index (χ0v) is 8.76. The van der Waals surface area contributed by atoms with Gasteiger partial charge in [0.2, 0.25) is 0 Å². The van der Waals surface area contributed by atoms with Gasteiger partial charge in [-0.15, -0.1) is 0 Å². The van der Waals surface area contributed by atoms with Gasteiger partial charge in [0.25, 0.3) is 0 Å². The van der Waals surface area contributed by atoms with Crippen LogP contribution in [0.1, 0.15) is 2.85 Å². The Bertz CT molecular complexity index is 62.4. The first-order valence-electron chi connectivity index (χ1n) is 0.565. The van der Waals surface area contributed by atoms with Crippen LogP contribution in [0.3, 0.4) is 0 Å². The SMILES string of the molecule is O.[Ba+2].[H-].[H-].[O]=[V](=[O])[OH]. The number of rotatable bonds is 0. The molecule has 0 aromatic rings. The molecule has 6 heavy (non-hydrogen) atoms. The van der Waals surface area contributed by atoms with E-state index in [0.717, 1.165) is 0 Å². The van der Waals surface area contributed by atoms with Crippen molar-refractivity contribution in [3.8, 4) is 0 Å². The predicted octanol–water partition coefficient (Wildman–Crippen LogP) is -1.78. The summed E-state index contributed by atoms with van der Waals surface area (Å²) in [5, 5.41) is 0. The predicted molar refractivity (Wildman–Crippen MR) is 15.2 cm³/mol. The summed E-state index contributed by atoms with van der Waals surface area (Å²) in [5.41, 5.74) is 0. The van der Waals surface area contributed by atoms with E-state index in [2.05, 4.69) is 0 Å². The van der Waals surface area contributed by atoms with Gasteiger partial charge in [-0.3, -0.25) is 0 Å². The van der Waals surface area contributed by atoms with Gasteiger partial charge in [-0.05, 0) is 0 Å². The summed E-state index contributed by atoms with van der Waals surface area (Å²) in [4.78, 5) is 0. The third-order valence-electron chi connectivity index (χ3n) is 0. The van der Waals surface area contributed by atoms with Crippen molar-refractivity contribution < 1.29 is 35.1 Å². The Morgan fingerprint density at radius 3 is 1.50 bits per heavy atom. The second kappa shape index (κ2) is 9.84. The van der Waals surface area contributed by atoms with Gasteiger partial charge in [-0.1, -0.05) is 0 Å². The quantitative estimate of drug-likeness (QED) is 0.521. The third kappa shape index (κ3) is 44.2. The Kier molecular flexibility index (Phi) is 25.7. The van der Waals surface area contributed by atoms with Gasteiger partial charge in [0.1, 0.15) is 0 Å². The fourth-order valence-corrected chi connectivity index (χ4v) is 0. The second-order valence-corrected chi connectivity index (χ2v) is 0.981. The van der Waals surface area contributed by atoms with Gasteiger partial charge < -0.3 is 8.33 Å². The molecule has 0 amide bonds. The van der Waals surface area contributed by atoms with Gasteiger partial charge in [0, 0.05) is 0 Å². The fourth-order valence-electron chi connectivity index (χ4n) is 0. The van der Waals surface area contributed by atoms with Crippen LogP contribution in [0, 0.1) is 0 Å². The zero-order valence-electron chi connectivity index (χ0n) is 4.92. The van der Waals surface area contributed by atoms with E-state index in [1.54, 1.807) is 0 Å². The van der Waals surface area contributed by atoms with Crippen LogP contribution >= 0.6 is 0 Å². The molecule has 0 aromatic heterocycles. The van der Waals surface area contributed by atoms with Crippen molar-refractivity contribution in [2.24, 2.45) is 0 Å². The molecule has 0 aliphatic heterocycles. The van der Waals surface area contributed by atoms with Gasteiger partial charge in [-0.25, -0.2) is 0 Å². The van der Waals surface area contributed by atoms with Crippen molar-refractivity contribution in [3.05, 3.63) is 0 Å². The molecule has 0 bridgehead atoms. The second-order valence-electron chi connectivity index (χ2n) is 0.238. The molecule has 0 unspecified atom stereocenters. The molecule has 0 heterocycles. The van der Waals surface area contributed by atoms with E-state index in [1.165, 1.54) is 0 Å². The molecular formula is H5BaO4V. The van der Waals surface area contributed by atoms with Crippen molar-refractivity contribution in [1.82, 2.24) is 0 Å². The Hall–Kier alpha value is 1.68. The summed E-state index contributed by atoms with van der Waals surface area (Å²) in [6.07, 6.45) is 0.